The van der Waals surface area contributed by atoms with Crippen molar-refractivity contribution in [2.75, 3.05) is 7.11 Å². The Labute approximate surface area is 144 Å². The molecule has 1 aromatic heterocycles. The molecular weight excluding hydrogens is 323 g/mol. The first-order chi connectivity index (χ1) is 12.1. The van der Waals surface area contributed by atoms with Crippen molar-refractivity contribution in [1.82, 2.24) is 9.78 Å². The summed E-state index contributed by atoms with van der Waals surface area (Å²) in [5.41, 5.74) is 1.57. The van der Waals surface area contributed by atoms with Gasteiger partial charge >= 0.3 is 5.97 Å². The first-order valence-corrected chi connectivity index (χ1v) is 7.74. The van der Waals surface area contributed by atoms with Crippen LogP contribution in [0.15, 0.2) is 60.8 Å². The fourth-order valence-electron chi connectivity index (χ4n) is 2.38. The molecule has 128 valence electrons. The summed E-state index contributed by atoms with van der Waals surface area (Å²) >= 11 is 0. The zero-order chi connectivity index (χ0) is 17.8. The van der Waals surface area contributed by atoms with Crippen molar-refractivity contribution >= 4 is 5.97 Å². The maximum atomic E-state index is 13.0. The summed E-state index contributed by atoms with van der Waals surface area (Å²) < 4.78 is 25.2. The fraction of sp³-hybridized carbons (Fsp3) is 0.158. The second-order valence-electron chi connectivity index (χ2n) is 5.43. The van der Waals surface area contributed by atoms with E-state index in [-0.39, 0.29) is 11.5 Å². The highest BCUT2D eigenvalue weighted by molar-refractivity contribution is 5.90. The number of hydrogen-bond donors (Lipinski definition) is 0. The molecule has 2 aromatic carbocycles. The molecule has 0 amide bonds. The molecule has 1 atom stereocenters. The smallest absolute Gasteiger partial charge is 0.363 e. The van der Waals surface area contributed by atoms with Crippen LogP contribution in [-0.2, 0) is 4.74 Å². The van der Waals surface area contributed by atoms with Crippen LogP contribution in [-0.4, -0.2) is 22.9 Å². The third-order valence-corrected chi connectivity index (χ3v) is 3.74. The Kier molecular flexibility index (Phi) is 4.79. The zero-order valence-corrected chi connectivity index (χ0v) is 13.8. The van der Waals surface area contributed by atoms with Gasteiger partial charge in [0, 0.05) is 0 Å². The predicted molar refractivity (Wildman–Crippen MR) is 90.3 cm³/mol. The predicted octanol–water partition coefficient (Wildman–Crippen LogP) is 3.94. The summed E-state index contributed by atoms with van der Waals surface area (Å²) in [7, 11) is 1.46. The van der Waals surface area contributed by atoms with Gasteiger partial charge in [-0.05, 0) is 36.8 Å². The number of carbonyl (C=O) groups is 1. The van der Waals surface area contributed by atoms with Crippen LogP contribution in [0.25, 0.3) is 5.69 Å². The third kappa shape index (κ3) is 3.68. The number of methoxy groups -OCH3 is 1. The van der Waals surface area contributed by atoms with Crippen LogP contribution in [0.2, 0.25) is 0 Å². The van der Waals surface area contributed by atoms with Crippen LogP contribution in [0.1, 0.15) is 29.1 Å². The first-order valence-electron chi connectivity index (χ1n) is 7.74. The van der Waals surface area contributed by atoms with E-state index in [4.69, 9.17) is 9.47 Å². The maximum absolute atomic E-state index is 13.0. The standard InChI is InChI=1S/C19H17FN2O3/c1-13(14-8-10-15(20)11-9-14)25-19(23)18-17(24-2)12-22(21-18)16-6-4-3-5-7-16/h3-13H,1-2H3/t13-/m1/s1. The van der Waals surface area contributed by atoms with E-state index in [0.29, 0.717) is 11.3 Å². The molecule has 6 heteroatoms. The van der Waals surface area contributed by atoms with Gasteiger partial charge in [0.25, 0.3) is 0 Å². The average molecular weight is 340 g/mol. The highest BCUT2D eigenvalue weighted by atomic mass is 19.1. The lowest BCUT2D eigenvalue weighted by atomic mass is 10.1. The second kappa shape index (κ2) is 7.17. The minimum Gasteiger partial charge on any atom is -0.493 e. The van der Waals surface area contributed by atoms with Crippen molar-refractivity contribution in [2.45, 2.75) is 13.0 Å². The van der Waals surface area contributed by atoms with E-state index in [1.807, 2.05) is 30.3 Å². The Hall–Kier alpha value is -3.15. The number of benzene rings is 2. The van der Waals surface area contributed by atoms with Crippen molar-refractivity contribution in [3.8, 4) is 11.4 Å². The Bertz CT molecular complexity index is 860. The highest BCUT2D eigenvalue weighted by Crippen LogP contribution is 2.24. The monoisotopic (exact) mass is 340 g/mol. The molecule has 0 aliphatic carbocycles. The van der Waals surface area contributed by atoms with Gasteiger partial charge in [0.1, 0.15) is 11.9 Å². The average Bonchev–Trinajstić information content (AvgIpc) is 3.07. The molecule has 0 aliphatic heterocycles. The molecule has 0 saturated carbocycles. The minimum atomic E-state index is -0.608. The summed E-state index contributed by atoms with van der Waals surface area (Å²) in [6.07, 6.45) is 1.08. The molecule has 0 N–H and O–H groups in total. The molecule has 0 radical (unpaired) electrons. The number of para-hydroxylation sites is 1. The van der Waals surface area contributed by atoms with E-state index in [0.717, 1.165) is 5.69 Å². The van der Waals surface area contributed by atoms with Gasteiger partial charge in [-0.3, -0.25) is 0 Å². The molecule has 0 saturated heterocycles. The summed E-state index contributed by atoms with van der Waals surface area (Å²) in [5, 5.41) is 4.27. The minimum absolute atomic E-state index is 0.0836. The summed E-state index contributed by atoms with van der Waals surface area (Å²) in [5.74, 6) is -0.630. The Balaban J connectivity index is 1.82. The van der Waals surface area contributed by atoms with Crippen LogP contribution in [0.3, 0.4) is 0 Å². The number of hydrogen-bond acceptors (Lipinski definition) is 4. The summed E-state index contributed by atoms with van der Waals surface area (Å²) in [4.78, 5) is 12.5. The van der Waals surface area contributed by atoms with Crippen LogP contribution in [0, 0.1) is 5.82 Å². The summed E-state index contributed by atoms with van der Waals surface area (Å²) in [6, 6.07) is 15.2. The number of ether oxygens (including phenoxy) is 2. The number of aromatic nitrogens is 2. The van der Waals surface area contributed by atoms with Crippen molar-refractivity contribution < 1.29 is 18.7 Å². The molecule has 25 heavy (non-hydrogen) atoms. The molecule has 0 unspecified atom stereocenters. The molecular formula is C19H17FN2O3. The zero-order valence-electron chi connectivity index (χ0n) is 13.8. The molecule has 1 heterocycles. The number of rotatable bonds is 5. The van der Waals surface area contributed by atoms with E-state index < -0.39 is 12.1 Å². The summed E-state index contributed by atoms with van der Waals surface area (Å²) in [6.45, 7) is 1.71. The quantitative estimate of drug-likeness (QED) is 0.660. The van der Waals surface area contributed by atoms with E-state index in [1.54, 1.807) is 29.9 Å². The van der Waals surface area contributed by atoms with Crippen LogP contribution < -0.4 is 4.74 Å². The van der Waals surface area contributed by atoms with Crippen molar-refractivity contribution in [2.24, 2.45) is 0 Å². The lowest BCUT2D eigenvalue weighted by Crippen LogP contribution is -2.11. The molecule has 0 spiro atoms. The molecule has 0 aliphatic rings. The van der Waals surface area contributed by atoms with Gasteiger partial charge in [-0.25, -0.2) is 13.9 Å². The molecule has 3 aromatic rings. The third-order valence-electron chi connectivity index (χ3n) is 3.74. The van der Waals surface area contributed by atoms with E-state index >= 15 is 0 Å². The second-order valence-corrected chi connectivity index (χ2v) is 5.43. The number of carbonyl (C=O) groups excluding carboxylic acids is 1. The van der Waals surface area contributed by atoms with Gasteiger partial charge in [0.05, 0.1) is 19.0 Å². The number of nitrogens with zero attached hydrogens (tertiary/aromatic N) is 2. The Morgan fingerprint density at radius 2 is 1.80 bits per heavy atom. The van der Waals surface area contributed by atoms with E-state index in [9.17, 15) is 9.18 Å². The molecule has 0 fully saturated rings. The molecule has 3 rings (SSSR count). The lowest BCUT2D eigenvalue weighted by Gasteiger charge is -2.13. The Morgan fingerprint density at radius 3 is 2.44 bits per heavy atom. The van der Waals surface area contributed by atoms with E-state index in [2.05, 4.69) is 5.10 Å². The topological polar surface area (TPSA) is 53.4 Å². The van der Waals surface area contributed by atoms with Crippen LogP contribution >= 0.6 is 0 Å². The van der Waals surface area contributed by atoms with Gasteiger partial charge in [-0.15, -0.1) is 0 Å². The van der Waals surface area contributed by atoms with Crippen molar-refractivity contribution in [3.05, 3.63) is 77.9 Å². The fourth-order valence-corrected chi connectivity index (χ4v) is 2.38. The van der Waals surface area contributed by atoms with Gasteiger partial charge in [0.2, 0.25) is 5.69 Å². The van der Waals surface area contributed by atoms with Gasteiger partial charge in [-0.2, -0.15) is 5.10 Å². The highest BCUT2D eigenvalue weighted by Gasteiger charge is 2.22. The number of esters is 1. The van der Waals surface area contributed by atoms with Crippen LogP contribution in [0.5, 0.6) is 5.75 Å². The SMILES string of the molecule is COc1cn(-c2ccccc2)nc1C(=O)O[C@H](C)c1ccc(F)cc1. The lowest BCUT2D eigenvalue weighted by molar-refractivity contribution is 0.0327. The van der Waals surface area contributed by atoms with Gasteiger partial charge < -0.3 is 9.47 Å². The van der Waals surface area contributed by atoms with Crippen molar-refractivity contribution in [1.29, 1.82) is 0 Å². The first kappa shape index (κ1) is 16.7. The van der Waals surface area contributed by atoms with Crippen molar-refractivity contribution in [3.63, 3.8) is 0 Å². The number of halogens is 1. The van der Waals surface area contributed by atoms with Gasteiger partial charge in [0.15, 0.2) is 5.75 Å². The normalized spacial score (nSPS) is 11.8. The molecule has 5 nitrogen and oxygen atoms in total. The Morgan fingerprint density at radius 1 is 1.12 bits per heavy atom. The molecule has 0 bridgehead atoms. The van der Waals surface area contributed by atoms with Crippen LogP contribution in [0.4, 0.5) is 4.39 Å². The van der Waals surface area contributed by atoms with E-state index in [1.165, 1.54) is 19.2 Å². The van der Waals surface area contributed by atoms with Gasteiger partial charge in [-0.1, -0.05) is 30.3 Å². The maximum Gasteiger partial charge on any atom is 0.363 e. The largest absolute Gasteiger partial charge is 0.493 e.